The van der Waals surface area contributed by atoms with Crippen LogP contribution in [-0.4, -0.2) is 29.1 Å². The molecule has 0 bridgehead atoms. The van der Waals surface area contributed by atoms with Crippen molar-refractivity contribution in [3.05, 3.63) is 23.9 Å². The summed E-state index contributed by atoms with van der Waals surface area (Å²) in [5.74, 6) is -0.151. The van der Waals surface area contributed by atoms with Crippen LogP contribution in [0.2, 0.25) is 0 Å². The standard InChI is InChI=1S/C14H17F3N2O2/c15-14(16,17)11-2-1-3-12(18-11)19-8-6-10(7-9-19)4-5-13(20)21/h1-3,10H,4-9H2,(H,20,21). The van der Waals surface area contributed by atoms with Crippen LogP contribution in [0.25, 0.3) is 0 Å². The van der Waals surface area contributed by atoms with E-state index in [0.29, 0.717) is 31.2 Å². The van der Waals surface area contributed by atoms with Crippen molar-refractivity contribution in [1.82, 2.24) is 4.98 Å². The molecule has 1 fully saturated rings. The molecule has 7 heteroatoms. The van der Waals surface area contributed by atoms with Crippen molar-refractivity contribution in [2.45, 2.75) is 31.9 Å². The van der Waals surface area contributed by atoms with Gasteiger partial charge in [-0.1, -0.05) is 6.07 Å². The molecule has 1 aliphatic rings. The van der Waals surface area contributed by atoms with Gasteiger partial charge in [-0.3, -0.25) is 4.79 Å². The first-order valence-corrected chi connectivity index (χ1v) is 6.87. The summed E-state index contributed by atoms with van der Waals surface area (Å²) in [6.07, 6.45) is -2.10. The highest BCUT2D eigenvalue weighted by Gasteiger charge is 2.33. The fourth-order valence-electron chi connectivity index (χ4n) is 2.54. The summed E-state index contributed by atoms with van der Waals surface area (Å²) in [4.78, 5) is 16.0. The van der Waals surface area contributed by atoms with Gasteiger partial charge in [0.2, 0.25) is 0 Å². The second kappa shape index (κ2) is 6.32. The van der Waals surface area contributed by atoms with E-state index in [4.69, 9.17) is 5.11 Å². The predicted molar refractivity (Wildman–Crippen MR) is 71.0 cm³/mol. The summed E-state index contributed by atoms with van der Waals surface area (Å²) in [6.45, 7) is 1.22. The molecule has 2 rings (SSSR count). The van der Waals surface area contributed by atoms with E-state index >= 15 is 0 Å². The van der Waals surface area contributed by atoms with Crippen molar-refractivity contribution in [3.8, 4) is 0 Å². The highest BCUT2D eigenvalue weighted by molar-refractivity contribution is 5.66. The molecular formula is C14H17F3N2O2. The molecule has 116 valence electrons. The number of carboxylic acids is 1. The van der Waals surface area contributed by atoms with Gasteiger partial charge in [0.25, 0.3) is 0 Å². The smallest absolute Gasteiger partial charge is 0.433 e. The third-order valence-electron chi connectivity index (χ3n) is 3.73. The van der Waals surface area contributed by atoms with E-state index in [1.54, 1.807) is 6.07 Å². The fourth-order valence-corrected chi connectivity index (χ4v) is 2.54. The molecule has 1 saturated heterocycles. The minimum atomic E-state index is -4.43. The number of carbonyl (C=O) groups is 1. The van der Waals surface area contributed by atoms with Gasteiger partial charge in [0.1, 0.15) is 11.5 Å². The lowest BCUT2D eigenvalue weighted by Gasteiger charge is -2.32. The Balaban J connectivity index is 1.95. The van der Waals surface area contributed by atoms with Crippen LogP contribution < -0.4 is 4.90 Å². The molecule has 1 aromatic heterocycles. The SMILES string of the molecule is O=C(O)CCC1CCN(c2cccc(C(F)(F)F)n2)CC1. The number of nitrogens with zero attached hydrogens (tertiary/aromatic N) is 2. The van der Waals surface area contributed by atoms with E-state index in [-0.39, 0.29) is 6.42 Å². The van der Waals surface area contributed by atoms with Crippen LogP contribution >= 0.6 is 0 Å². The van der Waals surface area contributed by atoms with Gasteiger partial charge in [-0.05, 0) is 37.3 Å². The van der Waals surface area contributed by atoms with E-state index in [1.807, 2.05) is 4.90 Å². The van der Waals surface area contributed by atoms with Crippen molar-refractivity contribution in [2.24, 2.45) is 5.92 Å². The van der Waals surface area contributed by atoms with Crippen LogP contribution in [0.3, 0.4) is 0 Å². The van der Waals surface area contributed by atoms with E-state index in [9.17, 15) is 18.0 Å². The van der Waals surface area contributed by atoms with Crippen LogP contribution in [0.1, 0.15) is 31.4 Å². The summed E-state index contributed by atoms with van der Waals surface area (Å²) >= 11 is 0. The Kier molecular flexibility index (Phi) is 4.69. The first kappa shape index (κ1) is 15.6. The molecule has 0 amide bonds. The number of halogens is 3. The lowest BCUT2D eigenvalue weighted by Crippen LogP contribution is -2.34. The number of rotatable bonds is 4. The van der Waals surface area contributed by atoms with Gasteiger partial charge in [0.15, 0.2) is 0 Å². The lowest BCUT2D eigenvalue weighted by atomic mass is 9.92. The number of aromatic nitrogens is 1. The number of pyridine rings is 1. The second-order valence-corrected chi connectivity index (χ2v) is 5.24. The van der Waals surface area contributed by atoms with E-state index < -0.39 is 17.8 Å². The topological polar surface area (TPSA) is 53.4 Å². The van der Waals surface area contributed by atoms with Gasteiger partial charge >= 0.3 is 12.1 Å². The first-order valence-electron chi connectivity index (χ1n) is 6.87. The highest BCUT2D eigenvalue weighted by atomic mass is 19.4. The zero-order valence-electron chi connectivity index (χ0n) is 11.4. The van der Waals surface area contributed by atoms with Crippen molar-refractivity contribution in [1.29, 1.82) is 0 Å². The number of hydrogen-bond donors (Lipinski definition) is 1. The maximum atomic E-state index is 12.6. The fraction of sp³-hybridized carbons (Fsp3) is 0.571. The Hall–Kier alpha value is -1.79. The van der Waals surface area contributed by atoms with Crippen molar-refractivity contribution >= 4 is 11.8 Å². The number of aliphatic carboxylic acids is 1. The second-order valence-electron chi connectivity index (χ2n) is 5.24. The van der Waals surface area contributed by atoms with Gasteiger partial charge in [-0.2, -0.15) is 13.2 Å². The first-order chi connectivity index (χ1) is 9.86. The van der Waals surface area contributed by atoms with Crippen LogP contribution in [-0.2, 0) is 11.0 Å². The summed E-state index contributed by atoms with van der Waals surface area (Å²) in [7, 11) is 0. The Morgan fingerprint density at radius 3 is 2.57 bits per heavy atom. The monoisotopic (exact) mass is 302 g/mol. The minimum absolute atomic E-state index is 0.145. The third kappa shape index (κ3) is 4.34. The maximum Gasteiger partial charge on any atom is 0.433 e. The van der Waals surface area contributed by atoms with Crippen LogP contribution in [0.15, 0.2) is 18.2 Å². The molecule has 0 aliphatic carbocycles. The molecule has 0 aromatic carbocycles. The Labute approximate surface area is 120 Å². The molecule has 4 nitrogen and oxygen atoms in total. The maximum absolute atomic E-state index is 12.6. The number of anilines is 1. The Morgan fingerprint density at radius 1 is 1.33 bits per heavy atom. The molecule has 1 aliphatic heterocycles. The van der Waals surface area contributed by atoms with Gasteiger partial charge < -0.3 is 10.0 Å². The van der Waals surface area contributed by atoms with E-state index in [1.165, 1.54) is 6.07 Å². The molecule has 1 aromatic rings. The molecule has 0 unspecified atom stereocenters. The highest BCUT2D eigenvalue weighted by Crippen LogP contribution is 2.30. The van der Waals surface area contributed by atoms with Gasteiger partial charge in [0.05, 0.1) is 0 Å². The largest absolute Gasteiger partial charge is 0.481 e. The average Bonchev–Trinajstić information content (AvgIpc) is 2.45. The molecule has 0 atom stereocenters. The van der Waals surface area contributed by atoms with Crippen molar-refractivity contribution < 1.29 is 23.1 Å². The van der Waals surface area contributed by atoms with Crippen molar-refractivity contribution in [2.75, 3.05) is 18.0 Å². The van der Waals surface area contributed by atoms with E-state index in [0.717, 1.165) is 18.9 Å². The van der Waals surface area contributed by atoms with Gasteiger partial charge in [-0.25, -0.2) is 4.98 Å². The Morgan fingerprint density at radius 2 is 2.00 bits per heavy atom. The van der Waals surface area contributed by atoms with Crippen LogP contribution in [0.4, 0.5) is 19.0 Å². The molecule has 0 spiro atoms. The van der Waals surface area contributed by atoms with Crippen LogP contribution in [0, 0.1) is 5.92 Å². The quantitative estimate of drug-likeness (QED) is 0.928. The number of hydrogen-bond acceptors (Lipinski definition) is 3. The zero-order chi connectivity index (χ0) is 15.5. The normalized spacial score (nSPS) is 17.0. The van der Waals surface area contributed by atoms with E-state index in [2.05, 4.69) is 4.98 Å². The summed E-state index contributed by atoms with van der Waals surface area (Å²) in [5.41, 5.74) is -0.881. The molecule has 0 saturated carbocycles. The van der Waals surface area contributed by atoms with Gasteiger partial charge in [0, 0.05) is 19.5 Å². The Bertz CT molecular complexity index is 497. The molecular weight excluding hydrogens is 285 g/mol. The predicted octanol–water partition coefficient (Wildman–Crippen LogP) is 3.18. The van der Waals surface area contributed by atoms with Gasteiger partial charge in [-0.15, -0.1) is 0 Å². The molecule has 21 heavy (non-hydrogen) atoms. The zero-order valence-corrected chi connectivity index (χ0v) is 11.4. The number of carboxylic acid groups (broad SMARTS) is 1. The molecule has 2 heterocycles. The summed E-state index contributed by atoms with van der Waals surface area (Å²) in [6, 6.07) is 3.90. The third-order valence-corrected chi connectivity index (χ3v) is 3.73. The molecule has 1 N–H and O–H groups in total. The summed E-state index contributed by atoms with van der Waals surface area (Å²) < 4.78 is 37.9. The number of piperidine rings is 1. The average molecular weight is 302 g/mol. The minimum Gasteiger partial charge on any atom is -0.481 e. The lowest BCUT2D eigenvalue weighted by molar-refractivity contribution is -0.141. The number of alkyl halides is 3. The van der Waals surface area contributed by atoms with Crippen LogP contribution in [0.5, 0.6) is 0 Å². The molecule has 0 radical (unpaired) electrons. The summed E-state index contributed by atoms with van der Waals surface area (Å²) in [5, 5.41) is 8.65. The van der Waals surface area contributed by atoms with Crippen molar-refractivity contribution in [3.63, 3.8) is 0 Å².